The van der Waals surface area contributed by atoms with Crippen LogP contribution in [-0.2, 0) is 7.05 Å². The van der Waals surface area contributed by atoms with Crippen LogP contribution in [0.1, 0.15) is 16.1 Å². The Hall–Kier alpha value is -1.79. The Bertz CT molecular complexity index is 891. The van der Waals surface area contributed by atoms with Crippen molar-refractivity contribution in [3.8, 4) is 11.1 Å². The topological polar surface area (TPSA) is 17.8 Å². The Morgan fingerprint density at radius 3 is 2.17 bits per heavy atom. The van der Waals surface area contributed by atoms with E-state index >= 15 is 0 Å². The first-order valence-corrected chi connectivity index (χ1v) is 8.26. The predicted molar refractivity (Wildman–Crippen MR) is 90.7 cm³/mol. The van der Waals surface area contributed by atoms with Crippen LogP contribution in [0.2, 0.25) is 5.15 Å². The third-order valence-corrected chi connectivity index (χ3v) is 4.87. The minimum absolute atomic E-state index is 0.0581. The van der Waals surface area contributed by atoms with Gasteiger partial charge in [-0.1, -0.05) is 51.8 Å². The average molecular weight is 416 g/mol. The summed E-state index contributed by atoms with van der Waals surface area (Å²) in [6, 6.07) is 9.67. The molecule has 0 spiro atoms. The van der Waals surface area contributed by atoms with Crippen molar-refractivity contribution in [1.29, 1.82) is 0 Å². The summed E-state index contributed by atoms with van der Waals surface area (Å²) in [5, 5.41) is 3.98. The van der Waals surface area contributed by atoms with E-state index in [9.17, 15) is 13.2 Å². The summed E-state index contributed by atoms with van der Waals surface area (Å²) in [5.74, 6) is -1.98. The maximum absolute atomic E-state index is 14.2. The number of aryl methyl sites for hydroxylation is 1. The van der Waals surface area contributed by atoms with Gasteiger partial charge in [0, 0.05) is 18.2 Å². The Balaban J connectivity index is 2.26. The minimum Gasteiger partial charge on any atom is -0.269 e. The van der Waals surface area contributed by atoms with Crippen LogP contribution in [0.25, 0.3) is 11.1 Å². The lowest BCUT2D eigenvalue weighted by Crippen LogP contribution is -2.06. The lowest BCUT2D eigenvalue weighted by atomic mass is 10.00. The summed E-state index contributed by atoms with van der Waals surface area (Å²) >= 11 is 9.52. The first kappa shape index (κ1) is 17.0. The molecule has 0 aliphatic heterocycles. The van der Waals surface area contributed by atoms with E-state index in [1.807, 2.05) is 0 Å². The molecular weight excluding hydrogens is 405 g/mol. The van der Waals surface area contributed by atoms with Crippen LogP contribution in [-0.4, -0.2) is 9.78 Å². The molecule has 0 N–H and O–H groups in total. The average Bonchev–Trinajstić information content (AvgIpc) is 2.81. The molecule has 0 radical (unpaired) electrons. The van der Waals surface area contributed by atoms with Gasteiger partial charge in [0.05, 0.1) is 16.1 Å². The molecule has 24 heavy (non-hydrogen) atoms. The third-order valence-electron chi connectivity index (χ3n) is 3.68. The smallest absolute Gasteiger partial charge is 0.159 e. The molecule has 7 heteroatoms. The van der Waals surface area contributed by atoms with Crippen molar-refractivity contribution in [2.45, 2.75) is 4.83 Å². The summed E-state index contributed by atoms with van der Waals surface area (Å²) in [5.41, 5.74) is 0.482. The van der Waals surface area contributed by atoms with E-state index in [-0.39, 0.29) is 16.3 Å². The van der Waals surface area contributed by atoms with Gasteiger partial charge in [-0.15, -0.1) is 0 Å². The number of aromatic nitrogens is 2. The van der Waals surface area contributed by atoms with Crippen molar-refractivity contribution in [3.63, 3.8) is 0 Å². The number of nitrogens with zero attached hydrogens (tertiary/aromatic N) is 2. The highest BCUT2D eigenvalue weighted by Gasteiger charge is 2.28. The highest BCUT2D eigenvalue weighted by Crippen LogP contribution is 2.42. The summed E-state index contributed by atoms with van der Waals surface area (Å²) in [6.45, 7) is 0. The van der Waals surface area contributed by atoms with E-state index in [0.717, 1.165) is 12.1 Å². The van der Waals surface area contributed by atoms with Crippen molar-refractivity contribution in [1.82, 2.24) is 9.78 Å². The summed E-state index contributed by atoms with van der Waals surface area (Å²) in [4.78, 5) is -0.683. The molecule has 1 aromatic heterocycles. The number of benzene rings is 2. The molecule has 0 saturated heterocycles. The molecule has 1 unspecified atom stereocenters. The monoisotopic (exact) mass is 414 g/mol. The number of alkyl halides is 1. The van der Waals surface area contributed by atoms with Crippen LogP contribution in [0.3, 0.4) is 0 Å². The highest BCUT2D eigenvalue weighted by atomic mass is 79.9. The van der Waals surface area contributed by atoms with Gasteiger partial charge in [0.2, 0.25) is 0 Å². The van der Waals surface area contributed by atoms with Gasteiger partial charge in [-0.05, 0) is 18.2 Å². The summed E-state index contributed by atoms with van der Waals surface area (Å²) in [6.07, 6.45) is 0. The number of halogens is 5. The Labute approximate surface area is 150 Å². The van der Waals surface area contributed by atoms with E-state index in [1.54, 1.807) is 25.2 Å². The van der Waals surface area contributed by atoms with Gasteiger partial charge in [0.25, 0.3) is 0 Å². The van der Waals surface area contributed by atoms with Gasteiger partial charge >= 0.3 is 0 Å². The van der Waals surface area contributed by atoms with Gasteiger partial charge in [0.1, 0.15) is 17.5 Å². The normalized spacial score (nSPS) is 12.4. The molecule has 0 bridgehead atoms. The van der Waals surface area contributed by atoms with Crippen molar-refractivity contribution in [2.75, 3.05) is 0 Å². The zero-order chi connectivity index (χ0) is 17.4. The predicted octanol–water partition coefficient (Wildman–Crippen LogP) is 5.64. The van der Waals surface area contributed by atoms with Crippen molar-refractivity contribution >= 4 is 27.5 Å². The third kappa shape index (κ3) is 2.84. The van der Waals surface area contributed by atoms with Crippen LogP contribution >= 0.6 is 27.5 Å². The quantitative estimate of drug-likeness (QED) is 0.506. The molecule has 2 aromatic carbocycles. The summed E-state index contributed by atoms with van der Waals surface area (Å²) in [7, 11) is 1.58. The second kappa shape index (κ2) is 6.61. The lowest BCUT2D eigenvalue weighted by Gasteiger charge is -2.15. The maximum atomic E-state index is 14.2. The van der Waals surface area contributed by atoms with Crippen LogP contribution in [0.15, 0.2) is 42.5 Å². The van der Waals surface area contributed by atoms with E-state index < -0.39 is 22.3 Å². The largest absolute Gasteiger partial charge is 0.269 e. The van der Waals surface area contributed by atoms with Crippen LogP contribution < -0.4 is 0 Å². The van der Waals surface area contributed by atoms with Gasteiger partial charge in [0.15, 0.2) is 5.15 Å². The second-order valence-electron chi connectivity index (χ2n) is 5.16. The zero-order valence-electron chi connectivity index (χ0n) is 12.4. The molecular formula is C17H11BrClF3N2. The minimum atomic E-state index is -0.764. The Kier molecular flexibility index (Phi) is 4.69. The SMILES string of the molecule is Cn1nc(Cl)c(-c2c(F)cccc2F)c1C(Br)c1ccccc1F. The first-order chi connectivity index (χ1) is 11.4. The fourth-order valence-corrected chi connectivity index (χ4v) is 3.79. The van der Waals surface area contributed by atoms with Crippen LogP contribution in [0, 0.1) is 17.5 Å². The number of rotatable bonds is 3. The number of hydrogen-bond acceptors (Lipinski definition) is 1. The molecule has 0 aliphatic rings. The molecule has 1 atom stereocenters. The van der Waals surface area contributed by atoms with Crippen molar-refractivity contribution in [2.24, 2.45) is 7.05 Å². The molecule has 0 saturated carbocycles. The molecule has 3 aromatic rings. The molecule has 0 aliphatic carbocycles. The molecule has 2 nitrogen and oxygen atoms in total. The van der Waals surface area contributed by atoms with E-state index in [0.29, 0.717) is 11.3 Å². The van der Waals surface area contributed by atoms with Gasteiger partial charge in [-0.2, -0.15) is 5.10 Å². The first-order valence-electron chi connectivity index (χ1n) is 6.97. The van der Waals surface area contributed by atoms with Gasteiger partial charge in [-0.25, -0.2) is 13.2 Å². The van der Waals surface area contributed by atoms with Crippen molar-refractivity contribution in [3.05, 3.63) is 76.3 Å². The van der Waals surface area contributed by atoms with Crippen LogP contribution in [0.4, 0.5) is 13.2 Å². The molecule has 124 valence electrons. The molecule has 1 heterocycles. The van der Waals surface area contributed by atoms with E-state index in [1.165, 1.54) is 16.8 Å². The molecule has 0 amide bonds. The van der Waals surface area contributed by atoms with E-state index in [2.05, 4.69) is 21.0 Å². The Morgan fingerprint density at radius 1 is 0.958 bits per heavy atom. The lowest BCUT2D eigenvalue weighted by molar-refractivity contribution is 0.589. The standard InChI is InChI=1S/C17H11BrClF3N2/c1-24-16(15(18)9-5-2-3-6-10(9)20)14(17(19)23-24)13-11(21)7-4-8-12(13)22/h2-8,15H,1H3. The van der Waals surface area contributed by atoms with Gasteiger partial charge in [-0.3, -0.25) is 4.68 Å². The Morgan fingerprint density at radius 2 is 1.54 bits per heavy atom. The maximum Gasteiger partial charge on any atom is 0.159 e. The van der Waals surface area contributed by atoms with E-state index in [4.69, 9.17) is 11.6 Å². The fraction of sp³-hybridized carbons (Fsp3) is 0.118. The second-order valence-corrected chi connectivity index (χ2v) is 6.43. The summed E-state index contributed by atoms with van der Waals surface area (Å²) < 4.78 is 44.0. The molecule has 0 fully saturated rings. The fourth-order valence-electron chi connectivity index (χ4n) is 2.59. The molecule has 3 rings (SSSR count). The highest BCUT2D eigenvalue weighted by molar-refractivity contribution is 9.09. The van der Waals surface area contributed by atoms with Gasteiger partial charge < -0.3 is 0 Å². The van der Waals surface area contributed by atoms with Crippen molar-refractivity contribution < 1.29 is 13.2 Å². The zero-order valence-corrected chi connectivity index (χ0v) is 14.7. The van der Waals surface area contributed by atoms with Crippen LogP contribution in [0.5, 0.6) is 0 Å². The number of hydrogen-bond donors (Lipinski definition) is 0.